The third-order valence-corrected chi connectivity index (χ3v) is 4.84. The summed E-state index contributed by atoms with van der Waals surface area (Å²) in [4.78, 5) is 13.1. The minimum absolute atomic E-state index is 0.314. The molecule has 0 amide bonds. The summed E-state index contributed by atoms with van der Waals surface area (Å²) in [6, 6.07) is 6.94. The lowest BCUT2D eigenvalue weighted by atomic mass is 9.96. The Morgan fingerprint density at radius 3 is 2.54 bits per heavy atom. The molecular formula is C17H22IN5O. The van der Waals surface area contributed by atoms with Crippen LogP contribution in [0.2, 0.25) is 0 Å². The van der Waals surface area contributed by atoms with Crippen LogP contribution in [0.3, 0.4) is 0 Å². The molecule has 1 aromatic heterocycles. The fraction of sp³-hybridized carbons (Fsp3) is 0.471. The molecule has 0 aliphatic heterocycles. The van der Waals surface area contributed by atoms with E-state index in [0.717, 1.165) is 24.1 Å². The number of benzene rings is 1. The lowest BCUT2D eigenvalue weighted by Crippen LogP contribution is -2.24. The van der Waals surface area contributed by atoms with Crippen molar-refractivity contribution >= 4 is 40.2 Å². The maximum atomic E-state index is 5.23. The van der Waals surface area contributed by atoms with Crippen molar-refractivity contribution in [3.8, 4) is 6.01 Å². The van der Waals surface area contributed by atoms with Gasteiger partial charge in [0.15, 0.2) is 0 Å². The summed E-state index contributed by atoms with van der Waals surface area (Å²) in [7, 11) is 1.57. The molecule has 0 radical (unpaired) electrons. The molecule has 0 atom stereocenters. The predicted octanol–water partition coefficient (Wildman–Crippen LogP) is 4.28. The van der Waals surface area contributed by atoms with Crippen LogP contribution in [0.15, 0.2) is 18.2 Å². The highest BCUT2D eigenvalue weighted by atomic mass is 127. The van der Waals surface area contributed by atoms with E-state index in [-0.39, 0.29) is 0 Å². The zero-order chi connectivity index (χ0) is 16.9. The van der Waals surface area contributed by atoms with Crippen LogP contribution < -0.4 is 15.4 Å². The van der Waals surface area contributed by atoms with E-state index in [4.69, 9.17) is 4.74 Å². The molecule has 1 saturated carbocycles. The van der Waals surface area contributed by atoms with Crippen molar-refractivity contribution in [1.29, 1.82) is 0 Å². The van der Waals surface area contributed by atoms with Crippen LogP contribution in [0.1, 0.15) is 37.7 Å². The highest BCUT2D eigenvalue weighted by molar-refractivity contribution is 14.1. The van der Waals surface area contributed by atoms with Crippen LogP contribution in [0, 0.1) is 10.5 Å². The van der Waals surface area contributed by atoms with E-state index in [0.29, 0.717) is 23.9 Å². The normalized spacial score (nSPS) is 15.1. The van der Waals surface area contributed by atoms with Gasteiger partial charge in [-0.25, -0.2) is 0 Å². The first-order valence-corrected chi connectivity index (χ1v) is 9.31. The zero-order valence-corrected chi connectivity index (χ0v) is 16.1. The molecule has 1 aliphatic rings. The SMILES string of the molecule is COc1nc(Nc2ccc(I)cc2C)nc(NC2CCCCC2)n1. The lowest BCUT2D eigenvalue weighted by molar-refractivity contribution is 0.379. The number of hydrogen-bond donors (Lipinski definition) is 2. The van der Waals surface area contributed by atoms with Crippen molar-refractivity contribution in [2.45, 2.75) is 45.1 Å². The Balaban J connectivity index is 1.80. The molecule has 3 rings (SSSR count). The number of rotatable bonds is 5. The maximum Gasteiger partial charge on any atom is 0.322 e. The van der Waals surface area contributed by atoms with E-state index in [1.54, 1.807) is 7.11 Å². The van der Waals surface area contributed by atoms with Crippen LogP contribution in [0.25, 0.3) is 0 Å². The number of aromatic nitrogens is 3. The molecule has 2 N–H and O–H groups in total. The molecule has 0 bridgehead atoms. The molecule has 6 nitrogen and oxygen atoms in total. The third kappa shape index (κ3) is 4.46. The molecule has 1 heterocycles. The van der Waals surface area contributed by atoms with Gasteiger partial charge in [-0.15, -0.1) is 0 Å². The van der Waals surface area contributed by atoms with E-state index in [1.165, 1.54) is 22.8 Å². The smallest absolute Gasteiger partial charge is 0.322 e. The average Bonchev–Trinajstić information content (AvgIpc) is 2.58. The van der Waals surface area contributed by atoms with Gasteiger partial charge >= 0.3 is 6.01 Å². The number of ether oxygens (including phenoxy) is 1. The van der Waals surface area contributed by atoms with Crippen molar-refractivity contribution in [2.24, 2.45) is 0 Å². The average molecular weight is 439 g/mol. The Labute approximate surface area is 156 Å². The quantitative estimate of drug-likeness (QED) is 0.678. The second-order valence-corrected chi connectivity index (χ2v) is 7.28. The Morgan fingerprint density at radius 2 is 1.83 bits per heavy atom. The fourth-order valence-corrected chi connectivity index (χ4v) is 3.53. The minimum atomic E-state index is 0.314. The summed E-state index contributed by atoms with van der Waals surface area (Å²) in [6.45, 7) is 2.06. The lowest BCUT2D eigenvalue weighted by Gasteiger charge is -2.22. The first kappa shape index (κ1) is 17.2. The van der Waals surface area contributed by atoms with Gasteiger partial charge in [0.25, 0.3) is 0 Å². The largest absolute Gasteiger partial charge is 0.467 e. The van der Waals surface area contributed by atoms with Crippen molar-refractivity contribution < 1.29 is 4.74 Å². The summed E-state index contributed by atoms with van der Waals surface area (Å²) in [5, 5.41) is 6.69. The summed E-state index contributed by atoms with van der Waals surface area (Å²) in [5.41, 5.74) is 2.12. The Morgan fingerprint density at radius 1 is 1.08 bits per heavy atom. The predicted molar refractivity (Wildman–Crippen MR) is 104 cm³/mol. The summed E-state index contributed by atoms with van der Waals surface area (Å²) in [6.07, 6.45) is 6.15. The van der Waals surface area contributed by atoms with Crippen molar-refractivity contribution in [3.05, 3.63) is 27.3 Å². The topological polar surface area (TPSA) is 72.0 Å². The van der Waals surface area contributed by atoms with Crippen molar-refractivity contribution in [3.63, 3.8) is 0 Å². The van der Waals surface area contributed by atoms with Gasteiger partial charge in [0, 0.05) is 15.3 Å². The second-order valence-electron chi connectivity index (χ2n) is 6.03. The van der Waals surface area contributed by atoms with Crippen LogP contribution >= 0.6 is 22.6 Å². The van der Waals surface area contributed by atoms with Gasteiger partial charge in [-0.05, 0) is 66.1 Å². The Kier molecular flexibility index (Phi) is 5.70. The molecule has 1 aromatic carbocycles. The number of aryl methyl sites for hydroxylation is 1. The van der Waals surface area contributed by atoms with E-state index in [2.05, 4.69) is 67.2 Å². The van der Waals surface area contributed by atoms with Gasteiger partial charge in [0.05, 0.1) is 7.11 Å². The van der Waals surface area contributed by atoms with Gasteiger partial charge in [-0.1, -0.05) is 19.3 Å². The van der Waals surface area contributed by atoms with Gasteiger partial charge in [0.1, 0.15) is 0 Å². The van der Waals surface area contributed by atoms with E-state index >= 15 is 0 Å². The van der Waals surface area contributed by atoms with E-state index in [9.17, 15) is 0 Å². The number of nitrogens with zero attached hydrogens (tertiary/aromatic N) is 3. The molecule has 128 valence electrons. The monoisotopic (exact) mass is 439 g/mol. The van der Waals surface area contributed by atoms with Gasteiger partial charge in [0.2, 0.25) is 11.9 Å². The first-order chi connectivity index (χ1) is 11.6. The number of anilines is 3. The van der Waals surface area contributed by atoms with Crippen LogP contribution in [-0.4, -0.2) is 28.1 Å². The molecule has 1 fully saturated rings. The Hall–Kier alpha value is -1.64. The van der Waals surface area contributed by atoms with Crippen LogP contribution in [-0.2, 0) is 0 Å². The number of hydrogen-bond acceptors (Lipinski definition) is 6. The highest BCUT2D eigenvalue weighted by Gasteiger charge is 2.16. The third-order valence-electron chi connectivity index (χ3n) is 4.17. The van der Waals surface area contributed by atoms with Crippen LogP contribution in [0.5, 0.6) is 6.01 Å². The highest BCUT2D eigenvalue weighted by Crippen LogP contribution is 2.24. The number of nitrogens with one attached hydrogen (secondary N) is 2. The maximum absolute atomic E-state index is 5.23. The molecule has 0 saturated heterocycles. The second kappa shape index (κ2) is 7.96. The zero-order valence-electron chi connectivity index (χ0n) is 14.0. The van der Waals surface area contributed by atoms with Gasteiger partial charge in [-0.2, -0.15) is 15.0 Å². The van der Waals surface area contributed by atoms with Crippen LogP contribution in [0.4, 0.5) is 17.6 Å². The molecular weight excluding hydrogens is 417 g/mol. The fourth-order valence-electron chi connectivity index (χ4n) is 2.89. The molecule has 7 heteroatoms. The molecule has 24 heavy (non-hydrogen) atoms. The van der Waals surface area contributed by atoms with Crippen molar-refractivity contribution in [1.82, 2.24) is 15.0 Å². The molecule has 0 spiro atoms. The molecule has 0 unspecified atom stereocenters. The summed E-state index contributed by atoms with van der Waals surface area (Å²) < 4.78 is 6.43. The number of methoxy groups -OCH3 is 1. The standard InChI is InChI=1S/C17H22IN5O/c1-11-10-12(18)8-9-14(11)20-16-21-15(22-17(23-16)24-2)19-13-6-4-3-5-7-13/h8-10,13H,3-7H2,1-2H3,(H2,19,20,21,22,23). The van der Waals surface area contributed by atoms with E-state index < -0.39 is 0 Å². The first-order valence-electron chi connectivity index (χ1n) is 8.24. The van der Waals surface area contributed by atoms with Crippen molar-refractivity contribution in [2.75, 3.05) is 17.7 Å². The Bertz CT molecular complexity index is 703. The van der Waals surface area contributed by atoms with E-state index in [1.807, 2.05) is 6.07 Å². The number of halogens is 1. The molecule has 1 aliphatic carbocycles. The van der Waals surface area contributed by atoms with Gasteiger partial charge < -0.3 is 15.4 Å². The van der Waals surface area contributed by atoms with Gasteiger partial charge in [-0.3, -0.25) is 0 Å². The molecule has 2 aromatic rings. The summed E-state index contributed by atoms with van der Waals surface area (Å²) in [5.74, 6) is 1.06. The minimum Gasteiger partial charge on any atom is -0.467 e. The summed E-state index contributed by atoms with van der Waals surface area (Å²) >= 11 is 2.30.